The average molecular weight is 355 g/mol. The molecule has 2 N–H and O–H groups in total. The quantitative estimate of drug-likeness (QED) is 0.827. The van der Waals surface area contributed by atoms with Crippen LogP contribution in [0.25, 0.3) is 0 Å². The maximum absolute atomic E-state index is 9.48. The predicted octanol–water partition coefficient (Wildman–Crippen LogP) is 3.80. The molecule has 0 spiro atoms. The largest absolute Gasteiger partial charge is 0.395 e. The Morgan fingerprint density at radius 2 is 1.90 bits per heavy atom. The summed E-state index contributed by atoms with van der Waals surface area (Å²) in [4.78, 5) is 0. The van der Waals surface area contributed by atoms with Crippen molar-refractivity contribution in [2.45, 2.75) is 19.0 Å². The van der Waals surface area contributed by atoms with Crippen LogP contribution in [0.3, 0.4) is 0 Å². The number of aliphatic hydroxyl groups is 1. The van der Waals surface area contributed by atoms with Crippen LogP contribution in [-0.2, 0) is 13.0 Å². The topological polar surface area (TPSA) is 32.3 Å². The third-order valence-electron chi connectivity index (χ3n) is 3.13. The maximum atomic E-state index is 9.48. The number of nitrogens with one attached hydrogen (secondary N) is 1. The van der Waals surface area contributed by atoms with Crippen LogP contribution in [0.4, 0.5) is 0 Å². The monoisotopic (exact) mass is 353 g/mol. The van der Waals surface area contributed by atoms with E-state index in [0.29, 0.717) is 6.54 Å². The molecule has 1 unspecified atom stereocenters. The lowest BCUT2D eigenvalue weighted by Crippen LogP contribution is -2.34. The summed E-state index contributed by atoms with van der Waals surface area (Å²) in [5.41, 5.74) is 2.23. The van der Waals surface area contributed by atoms with Gasteiger partial charge in [0.05, 0.1) is 6.61 Å². The molecule has 2 nitrogen and oxygen atoms in total. The van der Waals surface area contributed by atoms with E-state index in [9.17, 15) is 5.11 Å². The second-order valence-corrected chi connectivity index (χ2v) is 6.01. The fourth-order valence-corrected chi connectivity index (χ4v) is 2.63. The van der Waals surface area contributed by atoms with Gasteiger partial charge in [-0.3, -0.25) is 0 Å². The summed E-state index contributed by atoms with van der Waals surface area (Å²) >= 11 is 9.60. The van der Waals surface area contributed by atoms with Crippen LogP contribution in [0.1, 0.15) is 11.1 Å². The van der Waals surface area contributed by atoms with Gasteiger partial charge in [0.2, 0.25) is 0 Å². The third kappa shape index (κ3) is 4.60. The molecule has 2 rings (SSSR count). The van der Waals surface area contributed by atoms with Crippen molar-refractivity contribution in [3.8, 4) is 0 Å². The molecule has 0 radical (unpaired) electrons. The first-order valence-corrected chi connectivity index (χ1v) is 7.68. The van der Waals surface area contributed by atoms with E-state index in [4.69, 9.17) is 11.6 Å². The van der Waals surface area contributed by atoms with E-state index >= 15 is 0 Å². The van der Waals surface area contributed by atoms with Crippen LogP contribution in [0, 0.1) is 0 Å². The molecule has 0 aliphatic heterocycles. The van der Waals surface area contributed by atoms with Crippen LogP contribution < -0.4 is 5.32 Å². The fraction of sp³-hybridized carbons (Fsp3) is 0.250. The lowest BCUT2D eigenvalue weighted by Gasteiger charge is -2.17. The zero-order valence-corrected chi connectivity index (χ0v) is 13.4. The Labute approximate surface area is 132 Å². The van der Waals surface area contributed by atoms with Gasteiger partial charge >= 0.3 is 0 Å². The molecule has 2 aromatic carbocycles. The molecule has 4 heteroatoms. The van der Waals surface area contributed by atoms with Crippen molar-refractivity contribution in [2.24, 2.45) is 0 Å². The second-order valence-electron chi connectivity index (χ2n) is 4.69. The molecule has 0 bridgehead atoms. The van der Waals surface area contributed by atoms with Crippen molar-refractivity contribution >= 4 is 27.5 Å². The SMILES string of the molecule is OCC(Cc1ccccc1)NCc1cc(Br)ccc1Cl. The van der Waals surface area contributed by atoms with Crippen molar-refractivity contribution < 1.29 is 5.11 Å². The Bertz CT molecular complexity index is 547. The molecule has 0 amide bonds. The summed E-state index contributed by atoms with van der Waals surface area (Å²) in [7, 11) is 0. The molecule has 106 valence electrons. The van der Waals surface area contributed by atoms with Gasteiger partial charge in [-0.05, 0) is 35.7 Å². The number of hydrogen-bond acceptors (Lipinski definition) is 2. The number of halogens is 2. The molecule has 0 aliphatic carbocycles. The van der Waals surface area contributed by atoms with Gasteiger partial charge in [-0.25, -0.2) is 0 Å². The van der Waals surface area contributed by atoms with Crippen molar-refractivity contribution in [3.63, 3.8) is 0 Å². The Morgan fingerprint density at radius 1 is 1.15 bits per heavy atom. The molecular formula is C16H17BrClNO. The molecule has 2 aromatic rings. The van der Waals surface area contributed by atoms with E-state index in [-0.39, 0.29) is 12.6 Å². The van der Waals surface area contributed by atoms with Crippen molar-refractivity contribution in [1.82, 2.24) is 5.32 Å². The van der Waals surface area contributed by atoms with Gasteiger partial charge in [0.25, 0.3) is 0 Å². The van der Waals surface area contributed by atoms with Gasteiger partial charge in [0.1, 0.15) is 0 Å². The minimum Gasteiger partial charge on any atom is -0.395 e. The molecule has 0 saturated heterocycles. The molecule has 0 heterocycles. The van der Waals surface area contributed by atoms with E-state index < -0.39 is 0 Å². The van der Waals surface area contributed by atoms with E-state index in [1.165, 1.54) is 5.56 Å². The zero-order valence-electron chi connectivity index (χ0n) is 11.0. The molecular weight excluding hydrogens is 338 g/mol. The van der Waals surface area contributed by atoms with Gasteiger partial charge in [-0.2, -0.15) is 0 Å². The maximum Gasteiger partial charge on any atom is 0.0587 e. The molecule has 1 atom stereocenters. The first kappa shape index (κ1) is 15.5. The van der Waals surface area contributed by atoms with Gasteiger partial charge in [-0.1, -0.05) is 57.9 Å². The summed E-state index contributed by atoms with van der Waals surface area (Å²) in [5, 5.41) is 13.6. The standard InChI is InChI=1S/C16H17BrClNO/c17-14-6-7-16(18)13(9-14)10-19-15(11-20)8-12-4-2-1-3-5-12/h1-7,9,15,19-20H,8,10-11H2. The molecule has 20 heavy (non-hydrogen) atoms. The summed E-state index contributed by atoms with van der Waals surface area (Å²) in [5.74, 6) is 0. The number of rotatable bonds is 6. The lowest BCUT2D eigenvalue weighted by molar-refractivity contribution is 0.241. The van der Waals surface area contributed by atoms with Crippen LogP contribution >= 0.6 is 27.5 Å². The number of hydrogen-bond donors (Lipinski definition) is 2. The average Bonchev–Trinajstić information content (AvgIpc) is 2.47. The van der Waals surface area contributed by atoms with E-state index in [1.807, 2.05) is 36.4 Å². The Hall–Kier alpha value is -0.870. The van der Waals surface area contributed by atoms with E-state index in [0.717, 1.165) is 21.5 Å². The normalized spacial score (nSPS) is 12.3. The van der Waals surface area contributed by atoms with Gasteiger partial charge in [-0.15, -0.1) is 0 Å². The highest BCUT2D eigenvalue weighted by atomic mass is 79.9. The van der Waals surface area contributed by atoms with Crippen molar-refractivity contribution in [3.05, 3.63) is 69.2 Å². The molecule has 0 fully saturated rings. The minimum absolute atomic E-state index is 0.0208. The van der Waals surface area contributed by atoms with Crippen LogP contribution in [-0.4, -0.2) is 17.8 Å². The Kier molecular flexibility index (Phi) is 6.05. The first-order chi connectivity index (χ1) is 9.69. The highest BCUT2D eigenvalue weighted by Gasteiger charge is 2.09. The molecule has 0 aromatic heterocycles. The van der Waals surface area contributed by atoms with Gasteiger partial charge in [0, 0.05) is 22.1 Å². The third-order valence-corrected chi connectivity index (χ3v) is 4.00. The number of aliphatic hydroxyl groups excluding tert-OH is 1. The Balaban J connectivity index is 1.95. The van der Waals surface area contributed by atoms with E-state index in [2.05, 4.69) is 33.4 Å². The summed E-state index contributed by atoms with van der Waals surface area (Å²) in [6.45, 7) is 0.733. The van der Waals surface area contributed by atoms with Gasteiger partial charge < -0.3 is 10.4 Å². The lowest BCUT2D eigenvalue weighted by atomic mass is 10.1. The highest BCUT2D eigenvalue weighted by molar-refractivity contribution is 9.10. The van der Waals surface area contributed by atoms with Crippen LogP contribution in [0.2, 0.25) is 5.02 Å². The second kappa shape index (κ2) is 7.79. The minimum atomic E-state index is 0.0208. The Morgan fingerprint density at radius 3 is 2.60 bits per heavy atom. The highest BCUT2D eigenvalue weighted by Crippen LogP contribution is 2.21. The zero-order chi connectivity index (χ0) is 14.4. The van der Waals surface area contributed by atoms with Crippen molar-refractivity contribution in [1.29, 1.82) is 0 Å². The van der Waals surface area contributed by atoms with E-state index in [1.54, 1.807) is 0 Å². The summed E-state index contributed by atoms with van der Waals surface area (Å²) < 4.78 is 1.00. The van der Waals surface area contributed by atoms with Crippen LogP contribution in [0.5, 0.6) is 0 Å². The number of benzene rings is 2. The smallest absolute Gasteiger partial charge is 0.0587 e. The fourth-order valence-electron chi connectivity index (χ4n) is 2.03. The molecule has 0 saturated carbocycles. The van der Waals surface area contributed by atoms with Gasteiger partial charge in [0.15, 0.2) is 0 Å². The summed E-state index contributed by atoms with van der Waals surface area (Å²) in [6.07, 6.45) is 0.795. The summed E-state index contributed by atoms with van der Waals surface area (Å²) in [6, 6.07) is 15.9. The van der Waals surface area contributed by atoms with Crippen molar-refractivity contribution in [2.75, 3.05) is 6.61 Å². The first-order valence-electron chi connectivity index (χ1n) is 6.51. The predicted molar refractivity (Wildman–Crippen MR) is 87.0 cm³/mol. The van der Waals surface area contributed by atoms with Crippen LogP contribution in [0.15, 0.2) is 53.0 Å². The molecule has 0 aliphatic rings.